The van der Waals surface area contributed by atoms with Crippen LogP contribution in [0.25, 0.3) is 6.08 Å². The molecule has 1 aliphatic rings. The lowest BCUT2D eigenvalue weighted by Crippen LogP contribution is -2.40. The molecular formula is C28H27BrN2O7S. The number of esters is 1. The fraction of sp³-hybridized carbons (Fsp3) is 0.286. The van der Waals surface area contributed by atoms with Crippen LogP contribution in [0.15, 0.2) is 68.0 Å². The molecule has 9 nitrogen and oxygen atoms in total. The van der Waals surface area contributed by atoms with Gasteiger partial charge in [-0.15, -0.1) is 0 Å². The summed E-state index contributed by atoms with van der Waals surface area (Å²) in [6, 6.07) is 11.4. The predicted molar refractivity (Wildman–Crippen MR) is 150 cm³/mol. The van der Waals surface area contributed by atoms with Gasteiger partial charge in [-0.25, -0.2) is 14.6 Å². The number of allylic oxidation sites excluding steroid dienone is 1. The number of nitrogens with zero attached hydrogens (tertiary/aromatic N) is 2. The Labute approximate surface area is 236 Å². The average molecular weight is 616 g/mol. The first-order chi connectivity index (χ1) is 18.8. The van der Waals surface area contributed by atoms with Crippen LogP contribution in [0.3, 0.4) is 0 Å². The molecule has 0 amide bonds. The van der Waals surface area contributed by atoms with Crippen molar-refractivity contribution >= 4 is 45.3 Å². The lowest BCUT2D eigenvalue weighted by atomic mass is 9.93. The lowest BCUT2D eigenvalue weighted by Gasteiger charge is -2.27. The van der Waals surface area contributed by atoms with Crippen LogP contribution >= 0.6 is 27.3 Å². The zero-order chi connectivity index (χ0) is 28.1. The molecule has 0 unspecified atom stereocenters. The van der Waals surface area contributed by atoms with Gasteiger partial charge >= 0.3 is 11.9 Å². The van der Waals surface area contributed by atoms with Gasteiger partial charge in [-0.05, 0) is 55.3 Å². The van der Waals surface area contributed by atoms with Crippen LogP contribution in [0.4, 0.5) is 0 Å². The topological polar surface area (TPSA) is 116 Å². The summed E-state index contributed by atoms with van der Waals surface area (Å²) in [5, 5.41) is 8.90. The van der Waals surface area contributed by atoms with Gasteiger partial charge in [0.05, 0.1) is 29.5 Å². The van der Waals surface area contributed by atoms with E-state index < -0.39 is 24.6 Å². The van der Waals surface area contributed by atoms with Gasteiger partial charge in [0, 0.05) is 10.0 Å². The van der Waals surface area contributed by atoms with Crippen molar-refractivity contribution in [2.24, 2.45) is 4.99 Å². The normalized spacial score (nSPS) is 15.0. The second-order valence-electron chi connectivity index (χ2n) is 8.55. The molecule has 11 heteroatoms. The summed E-state index contributed by atoms with van der Waals surface area (Å²) in [6.45, 7) is 3.43. The zero-order valence-electron chi connectivity index (χ0n) is 21.6. The first kappa shape index (κ1) is 28.3. The van der Waals surface area contributed by atoms with Crippen LogP contribution in [-0.2, 0) is 14.3 Å². The number of ether oxygens (including phenoxy) is 3. The number of carboxylic acid groups (broad SMARTS) is 1. The predicted octanol–water partition coefficient (Wildman–Crippen LogP) is 3.81. The van der Waals surface area contributed by atoms with Gasteiger partial charge in [0.2, 0.25) is 0 Å². The third-order valence-corrected chi connectivity index (χ3v) is 7.37. The highest BCUT2D eigenvalue weighted by Crippen LogP contribution is 2.38. The van der Waals surface area contributed by atoms with Crippen molar-refractivity contribution in [3.8, 4) is 11.5 Å². The van der Waals surface area contributed by atoms with Crippen LogP contribution in [0.1, 0.15) is 43.9 Å². The second-order valence-corrected chi connectivity index (χ2v) is 10.5. The van der Waals surface area contributed by atoms with Crippen molar-refractivity contribution in [1.29, 1.82) is 0 Å². The van der Waals surface area contributed by atoms with E-state index in [1.165, 1.54) is 23.0 Å². The molecule has 39 heavy (non-hydrogen) atoms. The van der Waals surface area contributed by atoms with Gasteiger partial charge in [-0.3, -0.25) is 9.36 Å². The summed E-state index contributed by atoms with van der Waals surface area (Å²) in [5.41, 5.74) is 1.81. The standard InChI is InChI=1S/C28H27BrN2O7S/c1-4-7-20-24(27(35)37-5-2)25(19-14-17(29)10-11-21(19)36-3)31-26(34)22(39-28(31)30-20)13-16-8-6-9-18(12-16)38-15-23(32)33/h6,8-14,25H,4-5,7,15H2,1-3H3,(H,32,33)/b22-13+/t25-/m0/s1. The first-order valence-electron chi connectivity index (χ1n) is 12.3. The van der Waals surface area contributed by atoms with E-state index in [-0.39, 0.29) is 12.2 Å². The van der Waals surface area contributed by atoms with Crippen molar-refractivity contribution in [2.75, 3.05) is 20.3 Å². The molecule has 0 bridgehead atoms. The van der Waals surface area contributed by atoms with E-state index in [4.69, 9.17) is 24.3 Å². The average Bonchev–Trinajstić information content (AvgIpc) is 3.21. The van der Waals surface area contributed by atoms with E-state index in [1.807, 2.05) is 19.1 Å². The van der Waals surface area contributed by atoms with E-state index in [1.54, 1.807) is 43.3 Å². The molecule has 4 rings (SSSR count). The van der Waals surface area contributed by atoms with Crippen LogP contribution in [0.5, 0.6) is 11.5 Å². The molecule has 0 saturated heterocycles. The maximum absolute atomic E-state index is 13.9. The number of hydrogen-bond donors (Lipinski definition) is 1. The Bertz CT molecular complexity index is 1620. The Balaban J connectivity index is 1.96. The number of aromatic nitrogens is 1. The van der Waals surface area contributed by atoms with E-state index in [2.05, 4.69) is 15.9 Å². The summed E-state index contributed by atoms with van der Waals surface area (Å²) >= 11 is 4.72. The maximum atomic E-state index is 13.9. The fourth-order valence-corrected chi connectivity index (χ4v) is 5.72. The number of carboxylic acids is 1. The maximum Gasteiger partial charge on any atom is 0.341 e. The number of carbonyl (C=O) groups is 2. The molecule has 0 spiro atoms. The molecule has 3 aromatic rings. The number of fused-ring (bicyclic) bond motifs is 1. The van der Waals surface area contributed by atoms with E-state index in [0.717, 1.165) is 10.9 Å². The monoisotopic (exact) mass is 614 g/mol. The largest absolute Gasteiger partial charge is 0.496 e. The molecule has 0 radical (unpaired) electrons. The highest BCUT2D eigenvalue weighted by molar-refractivity contribution is 9.10. The molecule has 2 heterocycles. The number of rotatable bonds is 10. The number of methoxy groups -OCH3 is 1. The Morgan fingerprint density at radius 2 is 2.00 bits per heavy atom. The molecule has 1 aromatic heterocycles. The number of aliphatic carboxylic acids is 1. The highest BCUT2D eigenvalue weighted by Gasteiger charge is 2.36. The van der Waals surface area contributed by atoms with Gasteiger partial charge in [0.25, 0.3) is 5.56 Å². The van der Waals surface area contributed by atoms with Crippen molar-refractivity contribution in [3.63, 3.8) is 0 Å². The number of halogens is 1. The third kappa shape index (κ3) is 6.15. The van der Waals surface area contributed by atoms with Crippen molar-refractivity contribution < 1.29 is 28.9 Å². The zero-order valence-corrected chi connectivity index (χ0v) is 24.0. The minimum Gasteiger partial charge on any atom is -0.496 e. The Kier molecular flexibility index (Phi) is 9.03. The molecule has 204 valence electrons. The van der Waals surface area contributed by atoms with E-state index >= 15 is 0 Å². The van der Waals surface area contributed by atoms with E-state index in [0.29, 0.717) is 49.7 Å². The SMILES string of the molecule is CCCC1=C(C(=O)OCC)[C@H](c2cc(Br)ccc2OC)n2c(s/c(=C/c3cccc(OCC(=O)O)c3)c2=O)=N1. The summed E-state index contributed by atoms with van der Waals surface area (Å²) < 4.78 is 19.0. The van der Waals surface area contributed by atoms with Crippen LogP contribution in [0, 0.1) is 0 Å². The summed E-state index contributed by atoms with van der Waals surface area (Å²) in [4.78, 5) is 43.4. The molecule has 1 atom stereocenters. The van der Waals surface area contributed by atoms with Crippen LogP contribution in [-0.4, -0.2) is 41.9 Å². The Hall–Kier alpha value is -3.70. The Morgan fingerprint density at radius 3 is 2.69 bits per heavy atom. The molecule has 0 saturated carbocycles. The smallest absolute Gasteiger partial charge is 0.341 e. The minimum atomic E-state index is -1.09. The Morgan fingerprint density at radius 1 is 1.21 bits per heavy atom. The van der Waals surface area contributed by atoms with Crippen molar-refractivity contribution in [1.82, 2.24) is 4.57 Å². The molecular weight excluding hydrogens is 588 g/mol. The van der Waals surface area contributed by atoms with Gasteiger partial charge < -0.3 is 19.3 Å². The van der Waals surface area contributed by atoms with Crippen molar-refractivity contribution in [2.45, 2.75) is 32.7 Å². The number of hydrogen-bond acceptors (Lipinski definition) is 8. The number of thiazole rings is 1. The molecule has 0 aliphatic carbocycles. The number of carbonyl (C=O) groups excluding carboxylic acids is 1. The summed E-state index contributed by atoms with van der Waals surface area (Å²) in [6.07, 6.45) is 2.96. The lowest BCUT2D eigenvalue weighted by molar-refractivity contribution is -0.140. The molecule has 1 N–H and O–H groups in total. The van der Waals surface area contributed by atoms with E-state index in [9.17, 15) is 14.4 Å². The molecule has 0 fully saturated rings. The minimum absolute atomic E-state index is 0.175. The second kappa shape index (κ2) is 12.4. The third-order valence-electron chi connectivity index (χ3n) is 5.90. The first-order valence-corrected chi connectivity index (χ1v) is 13.9. The molecule has 2 aromatic carbocycles. The van der Waals surface area contributed by atoms with Gasteiger partial charge in [0.1, 0.15) is 17.5 Å². The van der Waals surface area contributed by atoms with Gasteiger partial charge in [-0.1, -0.05) is 52.7 Å². The molecule has 1 aliphatic heterocycles. The van der Waals surface area contributed by atoms with Gasteiger partial charge in [0.15, 0.2) is 11.4 Å². The highest BCUT2D eigenvalue weighted by atomic mass is 79.9. The van der Waals surface area contributed by atoms with Crippen LogP contribution < -0.4 is 24.4 Å². The van der Waals surface area contributed by atoms with Gasteiger partial charge in [-0.2, -0.15) is 0 Å². The quantitative estimate of drug-likeness (QED) is 0.345. The van der Waals surface area contributed by atoms with Crippen LogP contribution in [0.2, 0.25) is 0 Å². The fourth-order valence-electron chi connectivity index (χ4n) is 4.32. The summed E-state index contributed by atoms with van der Waals surface area (Å²) in [5.74, 6) is -0.739. The van der Waals surface area contributed by atoms with Crippen molar-refractivity contribution in [3.05, 3.63) is 89.0 Å². The number of benzene rings is 2. The summed E-state index contributed by atoms with van der Waals surface area (Å²) in [7, 11) is 1.54.